The van der Waals surface area contributed by atoms with Gasteiger partial charge in [-0.2, -0.15) is 0 Å². The molecule has 132 valence electrons. The van der Waals surface area contributed by atoms with Crippen molar-refractivity contribution in [3.63, 3.8) is 0 Å². The molecule has 0 heterocycles. The molecule has 0 radical (unpaired) electrons. The van der Waals surface area contributed by atoms with E-state index in [9.17, 15) is 14.9 Å². The Bertz CT molecular complexity index is 781. The van der Waals surface area contributed by atoms with Crippen LogP contribution in [0.2, 0.25) is 5.02 Å². The number of amides is 1. The number of carbonyl (C=O) groups is 1. The number of non-ortho nitro benzene ring substituents is 1. The quantitative estimate of drug-likeness (QED) is 0.601. The third kappa shape index (κ3) is 4.84. The Morgan fingerprint density at radius 1 is 1.28 bits per heavy atom. The molecule has 0 aliphatic rings. The van der Waals surface area contributed by atoms with E-state index >= 15 is 0 Å². The lowest BCUT2D eigenvalue weighted by Gasteiger charge is -2.16. The molecule has 0 aliphatic carbocycles. The van der Waals surface area contributed by atoms with Gasteiger partial charge in [0.05, 0.1) is 17.1 Å². The molecule has 1 N–H and O–H groups in total. The van der Waals surface area contributed by atoms with Gasteiger partial charge in [0.25, 0.3) is 11.6 Å². The van der Waals surface area contributed by atoms with Crippen LogP contribution in [0.1, 0.15) is 12.5 Å². The second kappa shape index (κ2) is 8.34. The summed E-state index contributed by atoms with van der Waals surface area (Å²) in [6, 6.07) is 11.1. The average molecular weight is 365 g/mol. The van der Waals surface area contributed by atoms with Gasteiger partial charge in [-0.25, -0.2) is 0 Å². The summed E-state index contributed by atoms with van der Waals surface area (Å²) in [4.78, 5) is 22.3. The predicted octanol–water partition coefficient (Wildman–Crippen LogP) is 3.34. The van der Waals surface area contributed by atoms with Crippen LogP contribution in [-0.4, -0.2) is 24.0 Å². The Kier molecular flexibility index (Phi) is 6.19. The smallest absolute Gasteiger partial charge is 0.271 e. The van der Waals surface area contributed by atoms with Crippen LogP contribution in [0.3, 0.4) is 0 Å². The summed E-state index contributed by atoms with van der Waals surface area (Å²) in [5, 5.41) is 13.5. The number of para-hydroxylation sites is 1. The summed E-state index contributed by atoms with van der Waals surface area (Å²) in [6.07, 6.45) is -0.825. The van der Waals surface area contributed by atoms with Crippen molar-refractivity contribution in [2.24, 2.45) is 0 Å². The Hall–Kier alpha value is -2.80. The van der Waals surface area contributed by atoms with E-state index in [1.807, 2.05) is 18.2 Å². The Morgan fingerprint density at radius 2 is 2.00 bits per heavy atom. The zero-order valence-electron chi connectivity index (χ0n) is 13.7. The molecule has 0 aromatic heterocycles. The van der Waals surface area contributed by atoms with Crippen LogP contribution in [0.15, 0.2) is 42.5 Å². The SMILES string of the molecule is COc1ccccc1CNC(=O)C(C)Oc1ccc([N+](=O)[O-])cc1Cl. The van der Waals surface area contributed by atoms with E-state index in [2.05, 4.69) is 5.32 Å². The molecule has 25 heavy (non-hydrogen) atoms. The highest BCUT2D eigenvalue weighted by Gasteiger charge is 2.18. The highest BCUT2D eigenvalue weighted by atomic mass is 35.5. The maximum atomic E-state index is 12.2. The first kappa shape index (κ1) is 18.5. The fourth-order valence-electron chi connectivity index (χ4n) is 2.12. The Balaban J connectivity index is 1.97. The fraction of sp³-hybridized carbons (Fsp3) is 0.235. The van der Waals surface area contributed by atoms with E-state index < -0.39 is 11.0 Å². The fourth-order valence-corrected chi connectivity index (χ4v) is 2.34. The minimum Gasteiger partial charge on any atom is -0.496 e. The third-order valence-electron chi connectivity index (χ3n) is 3.44. The van der Waals surface area contributed by atoms with E-state index in [0.29, 0.717) is 5.75 Å². The number of hydrogen-bond acceptors (Lipinski definition) is 5. The number of hydrogen-bond donors (Lipinski definition) is 1. The van der Waals surface area contributed by atoms with Crippen molar-refractivity contribution in [1.82, 2.24) is 5.32 Å². The van der Waals surface area contributed by atoms with Gasteiger partial charge in [-0.1, -0.05) is 29.8 Å². The summed E-state index contributed by atoms with van der Waals surface area (Å²) in [6.45, 7) is 1.85. The molecule has 1 unspecified atom stereocenters. The Labute approximate surface area is 149 Å². The van der Waals surface area contributed by atoms with Crippen molar-refractivity contribution in [3.05, 3.63) is 63.2 Å². The normalized spacial score (nSPS) is 11.5. The summed E-state index contributed by atoms with van der Waals surface area (Å²) < 4.78 is 10.7. The van der Waals surface area contributed by atoms with Gasteiger partial charge in [-0.05, 0) is 19.1 Å². The van der Waals surface area contributed by atoms with Gasteiger partial charge >= 0.3 is 0 Å². The molecule has 8 heteroatoms. The van der Waals surface area contributed by atoms with E-state index in [0.717, 1.165) is 5.56 Å². The van der Waals surface area contributed by atoms with Gasteiger partial charge in [0.2, 0.25) is 0 Å². The van der Waals surface area contributed by atoms with Crippen molar-refractivity contribution in [3.8, 4) is 11.5 Å². The molecule has 0 saturated carbocycles. The van der Waals surface area contributed by atoms with E-state index in [1.54, 1.807) is 20.1 Å². The lowest BCUT2D eigenvalue weighted by molar-refractivity contribution is -0.384. The van der Waals surface area contributed by atoms with Crippen LogP contribution in [0, 0.1) is 10.1 Å². The highest BCUT2D eigenvalue weighted by Crippen LogP contribution is 2.29. The van der Waals surface area contributed by atoms with Crippen LogP contribution in [0.5, 0.6) is 11.5 Å². The second-order valence-electron chi connectivity index (χ2n) is 5.16. The number of nitro groups is 1. The van der Waals surface area contributed by atoms with Gasteiger partial charge in [0.1, 0.15) is 11.5 Å². The van der Waals surface area contributed by atoms with Gasteiger partial charge in [-0.15, -0.1) is 0 Å². The van der Waals surface area contributed by atoms with Crippen molar-refractivity contribution in [2.75, 3.05) is 7.11 Å². The molecule has 2 aromatic carbocycles. The molecular formula is C17H17ClN2O5. The van der Waals surface area contributed by atoms with Gasteiger partial charge < -0.3 is 14.8 Å². The van der Waals surface area contributed by atoms with Crippen LogP contribution in [0.4, 0.5) is 5.69 Å². The molecule has 1 amide bonds. The molecule has 2 rings (SSSR count). The maximum Gasteiger partial charge on any atom is 0.271 e. The molecule has 0 saturated heterocycles. The lowest BCUT2D eigenvalue weighted by Crippen LogP contribution is -2.36. The molecule has 0 spiro atoms. The van der Waals surface area contributed by atoms with Crippen LogP contribution in [-0.2, 0) is 11.3 Å². The third-order valence-corrected chi connectivity index (χ3v) is 3.74. The van der Waals surface area contributed by atoms with Gasteiger partial charge in [-0.3, -0.25) is 14.9 Å². The predicted molar refractivity (Wildman–Crippen MR) is 93.0 cm³/mol. The number of methoxy groups -OCH3 is 1. The summed E-state index contributed by atoms with van der Waals surface area (Å²) in [7, 11) is 1.56. The minimum atomic E-state index is -0.825. The summed E-state index contributed by atoms with van der Waals surface area (Å²) >= 11 is 5.96. The van der Waals surface area contributed by atoms with Crippen molar-refractivity contribution in [2.45, 2.75) is 19.6 Å². The van der Waals surface area contributed by atoms with E-state index in [1.165, 1.54) is 18.2 Å². The zero-order valence-corrected chi connectivity index (χ0v) is 14.4. The van der Waals surface area contributed by atoms with Crippen LogP contribution < -0.4 is 14.8 Å². The molecule has 0 fully saturated rings. The number of benzene rings is 2. The highest BCUT2D eigenvalue weighted by molar-refractivity contribution is 6.32. The number of ether oxygens (including phenoxy) is 2. The lowest BCUT2D eigenvalue weighted by atomic mass is 10.2. The van der Waals surface area contributed by atoms with E-state index in [-0.39, 0.29) is 28.9 Å². The number of nitro benzene ring substituents is 1. The van der Waals surface area contributed by atoms with Crippen LogP contribution >= 0.6 is 11.6 Å². The number of carbonyl (C=O) groups excluding carboxylic acids is 1. The first-order valence-electron chi connectivity index (χ1n) is 7.42. The average Bonchev–Trinajstić information content (AvgIpc) is 2.61. The second-order valence-corrected chi connectivity index (χ2v) is 5.57. The first-order valence-corrected chi connectivity index (χ1v) is 7.80. The number of nitrogens with zero attached hydrogens (tertiary/aromatic N) is 1. The van der Waals surface area contributed by atoms with Crippen molar-refractivity contribution in [1.29, 1.82) is 0 Å². The molecule has 2 aromatic rings. The molecular weight excluding hydrogens is 348 g/mol. The Morgan fingerprint density at radius 3 is 2.64 bits per heavy atom. The molecule has 7 nitrogen and oxygen atoms in total. The van der Waals surface area contributed by atoms with Crippen LogP contribution in [0.25, 0.3) is 0 Å². The van der Waals surface area contributed by atoms with Crippen molar-refractivity contribution >= 4 is 23.2 Å². The van der Waals surface area contributed by atoms with Crippen molar-refractivity contribution < 1.29 is 19.2 Å². The van der Waals surface area contributed by atoms with Gasteiger partial charge in [0, 0.05) is 24.2 Å². The monoisotopic (exact) mass is 364 g/mol. The maximum absolute atomic E-state index is 12.2. The number of halogens is 1. The molecule has 0 aliphatic heterocycles. The summed E-state index contributed by atoms with van der Waals surface area (Å²) in [5.74, 6) is 0.530. The molecule has 1 atom stereocenters. The largest absolute Gasteiger partial charge is 0.496 e. The standard InChI is InChI=1S/C17H17ClN2O5/c1-11(25-16-8-7-13(20(22)23)9-14(16)18)17(21)19-10-12-5-3-4-6-15(12)24-2/h3-9,11H,10H2,1-2H3,(H,19,21). The minimum absolute atomic E-state index is 0.0681. The summed E-state index contributed by atoms with van der Waals surface area (Å²) in [5.41, 5.74) is 0.685. The zero-order chi connectivity index (χ0) is 18.4. The van der Waals surface area contributed by atoms with Gasteiger partial charge in [0.15, 0.2) is 6.10 Å². The number of nitrogens with one attached hydrogen (secondary N) is 1. The van der Waals surface area contributed by atoms with E-state index in [4.69, 9.17) is 21.1 Å². The topological polar surface area (TPSA) is 90.7 Å². The molecule has 0 bridgehead atoms. The number of rotatable bonds is 7. The first-order chi connectivity index (χ1) is 11.9.